The zero-order valence-electron chi connectivity index (χ0n) is 15.7. The van der Waals surface area contributed by atoms with Crippen molar-refractivity contribution in [3.8, 4) is 5.69 Å². The van der Waals surface area contributed by atoms with Crippen molar-refractivity contribution in [2.24, 2.45) is 0 Å². The number of nitrogens with one attached hydrogen (secondary N) is 1. The molecule has 4 nitrogen and oxygen atoms in total. The minimum absolute atomic E-state index is 0.353. The van der Waals surface area contributed by atoms with E-state index in [-0.39, 0.29) is 0 Å². The van der Waals surface area contributed by atoms with Crippen molar-refractivity contribution in [1.29, 1.82) is 0 Å². The first-order valence-electron chi connectivity index (χ1n) is 8.96. The fraction of sp³-hybridized carbons (Fsp3) is 0.0909. The molecule has 0 radical (unpaired) electrons. The van der Waals surface area contributed by atoms with Crippen molar-refractivity contribution in [2.75, 3.05) is 5.32 Å². The van der Waals surface area contributed by atoms with E-state index in [0.29, 0.717) is 21.7 Å². The Morgan fingerprint density at radius 2 is 1.83 bits per heavy atom. The summed E-state index contributed by atoms with van der Waals surface area (Å²) < 4.78 is 41.5. The quantitative estimate of drug-likeness (QED) is 0.418. The molecule has 0 saturated carbocycles. The maximum absolute atomic E-state index is 13.2. The van der Waals surface area contributed by atoms with Crippen LogP contribution in [0, 0.1) is 6.92 Å². The molecule has 0 spiro atoms. The third-order valence-corrected chi connectivity index (χ3v) is 5.19. The number of benzene rings is 3. The Morgan fingerprint density at radius 1 is 1.07 bits per heavy atom. The van der Waals surface area contributed by atoms with Gasteiger partial charge in [-0.2, -0.15) is 13.2 Å². The maximum Gasteiger partial charge on any atom is 0.417 e. The number of alkyl halides is 3. The van der Waals surface area contributed by atoms with Crippen LogP contribution in [0.3, 0.4) is 0 Å². The van der Waals surface area contributed by atoms with Crippen LogP contribution in [0.15, 0.2) is 67.0 Å². The second-order valence-electron chi connectivity index (χ2n) is 6.70. The summed E-state index contributed by atoms with van der Waals surface area (Å²) in [6, 6.07) is 15.1. The molecule has 8 heteroatoms. The molecule has 4 aromatic rings. The van der Waals surface area contributed by atoms with E-state index in [1.165, 1.54) is 12.1 Å². The van der Waals surface area contributed by atoms with E-state index in [1.54, 1.807) is 30.6 Å². The highest BCUT2D eigenvalue weighted by Crippen LogP contribution is 2.32. The van der Waals surface area contributed by atoms with Crippen LogP contribution < -0.4 is 5.32 Å². The molecule has 30 heavy (non-hydrogen) atoms. The SMILES string of the molecule is Cc1c(Cl)cccc1-n1cnc2ccc(NC(=O)c3ccccc3C(F)(F)F)cc21. The van der Waals surface area contributed by atoms with Crippen molar-refractivity contribution < 1.29 is 18.0 Å². The van der Waals surface area contributed by atoms with Gasteiger partial charge in [-0.25, -0.2) is 4.98 Å². The molecule has 0 bridgehead atoms. The molecule has 0 aliphatic carbocycles. The average molecular weight is 430 g/mol. The van der Waals surface area contributed by atoms with E-state index in [1.807, 2.05) is 23.6 Å². The highest BCUT2D eigenvalue weighted by Gasteiger charge is 2.34. The molecule has 4 rings (SSSR count). The minimum atomic E-state index is -4.62. The molecule has 0 saturated heterocycles. The number of nitrogens with zero attached hydrogens (tertiary/aromatic N) is 2. The number of fused-ring (bicyclic) bond motifs is 1. The molecule has 0 fully saturated rings. The molecule has 1 amide bonds. The number of halogens is 4. The fourth-order valence-corrected chi connectivity index (χ4v) is 3.43. The molecule has 3 aromatic carbocycles. The van der Waals surface area contributed by atoms with Gasteiger partial charge >= 0.3 is 6.18 Å². The lowest BCUT2D eigenvalue weighted by atomic mass is 10.1. The van der Waals surface area contributed by atoms with Gasteiger partial charge in [0.2, 0.25) is 0 Å². The van der Waals surface area contributed by atoms with Gasteiger partial charge in [0, 0.05) is 10.7 Å². The van der Waals surface area contributed by atoms with E-state index in [0.717, 1.165) is 23.4 Å². The number of aromatic nitrogens is 2. The summed E-state index contributed by atoms with van der Waals surface area (Å²) in [5.74, 6) is -0.840. The number of imidazole rings is 1. The predicted octanol–water partition coefficient (Wildman–Crippen LogP) is 6.26. The van der Waals surface area contributed by atoms with Crippen LogP contribution in [0.25, 0.3) is 16.7 Å². The van der Waals surface area contributed by atoms with Crippen LogP contribution in [0.1, 0.15) is 21.5 Å². The van der Waals surface area contributed by atoms with E-state index in [2.05, 4.69) is 10.3 Å². The molecule has 1 heterocycles. The third-order valence-electron chi connectivity index (χ3n) is 4.78. The van der Waals surface area contributed by atoms with Gasteiger partial charge in [-0.1, -0.05) is 29.8 Å². The average Bonchev–Trinajstić information content (AvgIpc) is 3.12. The first kappa shape index (κ1) is 20.0. The lowest BCUT2D eigenvalue weighted by Crippen LogP contribution is -2.18. The van der Waals surface area contributed by atoms with Crippen molar-refractivity contribution in [1.82, 2.24) is 9.55 Å². The summed E-state index contributed by atoms with van der Waals surface area (Å²) in [5.41, 5.74) is 1.95. The first-order chi connectivity index (χ1) is 14.3. The van der Waals surface area contributed by atoms with Crippen LogP contribution in [0.2, 0.25) is 5.02 Å². The lowest BCUT2D eigenvalue weighted by molar-refractivity contribution is -0.137. The van der Waals surface area contributed by atoms with Crippen molar-refractivity contribution in [3.63, 3.8) is 0 Å². The molecule has 0 atom stereocenters. The smallest absolute Gasteiger partial charge is 0.322 e. The monoisotopic (exact) mass is 429 g/mol. The van der Waals surface area contributed by atoms with Crippen LogP contribution in [0.5, 0.6) is 0 Å². The molecule has 0 aliphatic heterocycles. The van der Waals surface area contributed by atoms with Crippen molar-refractivity contribution in [3.05, 3.63) is 88.7 Å². The second kappa shape index (κ2) is 7.50. The number of rotatable bonds is 3. The number of hydrogen-bond donors (Lipinski definition) is 1. The highest BCUT2D eigenvalue weighted by molar-refractivity contribution is 6.31. The molecule has 152 valence electrons. The minimum Gasteiger partial charge on any atom is -0.322 e. The number of anilines is 1. The van der Waals surface area contributed by atoms with Crippen LogP contribution in [-0.2, 0) is 6.18 Å². The molecule has 1 N–H and O–H groups in total. The normalized spacial score (nSPS) is 11.6. The largest absolute Gasteiger partial charge is 0.417 e. The first-order valence-corrected chi connectivity index (χ1v) is 9.33. The van der Waals surface area contributed by atoms with E-state index < -0.39 is 23.2 Å². The summed E-state index contributed by atoms with van der Waals surface area (Å²) in [7, 11) is 0. The van der Waals surface area contributed by atoms with Gasteiger partial charge in [0.25, 0.3) is 5.91 Å². The summed E-state index contributed by atoms with van der Waals surface area (Å²) in [6.45, 7) is 1.88. The van der Waals surface area contributed by atoms with Gasteiger partial charge < -0.3 is 5.32 Å². The van der Waals surface area contributed by atoms with Crippen LogP contribution in [0.4, 0.5) is 18.9 Å². The van der Waals surface area contributed by atoms with Gasteiger partial charge in [0.1, 0.15) is 6.33 Å². The number of carbonyl (C=O) groups is 1. The number of amides is 1. The zero-order valence-corrected chi connectivity index (χ0v) is 16.4. The van der Waals surface area contributed by atoms with Gasteiger partial charge in [-0.05, 0) is 55.0 Å². The fourth-order valence-electron chi connectivity index (χ4n) is 3.26. The number of carbonyl (C=O) groups excluding carboxylic acids is 1. The zero-order chi connectivity index (χ0) is 21.5. The lowest BCUT2D eigenvalue weighted by Gasteiger charge is -2.13. The van der Waals surface area contributed by atoms with E-state index in [4.69, 9.17) is 11.6 Å². The third kappa shape index (κ3) is 3.64. The topological polar surface area (TPSA) is 46.9 Å². The Bertz CT molecular complexity index is 1260. The Balaban J connectivity index is 1.72. The molecule has 0 aliphatic rings. The summed E-state index contributed by atoms with van der Waals surface area (Å²) in [5, 5.41) is 3.15. The van der Waals surface area contributed by atoms with Gasteiger partial charge in [0.15, 0.2) is 0 Å². The number of hydrogen-bond acceptors (Lipinski definition) is 2. The Hall–Kier alpha value is -3.32. The summed E-state index contributed by atoms with van der Waals surface area (Å²) in [4.78, 5) is 16.9. The van der Waals surface area contributed by atoms with Crippen LogP contribution >= 0.6 is 11.6 Å². The van der Waals surface area contributed by atoms with E-state index in [9.17, 15) is 18.0 Å². The van der Waals surface area contributed by atoms with Crippen LogP contribution in [-0.4, -0.2) is 15.5 Å². The van der Waals surface area contributed by atoms with Crippen molar-refractivity contribution in [2.45, 2.75) is 13.1 Å². The summed E-state index contributed by atoms with van der Waals surface area (Å²) >= 11 is 6.22. The predicted molar refractivity (Wildman–Crippen MR) is 110 cm³/mol. The van der Waals surface area contributed by atoms with Gasteiger partial charge in [0.05, 0.1) is 27.8 Å². The Morgan fingerprint density at radius 3 is 2.60 bits per heavy atom. The Kier molecular flexibility index (Phi) is 4.99. The summed E-state index contributed by atoms with van der Waals surface area (Å²) in [6.07, 6.45) is -2.99. The van der Waals surface area contributed by atoms with Crippen molar-refractivity contribution >= 4 is 34.2 Å². The van der Waals surface area contributed by atoms with Gasteiger partial charge in [-0.3, -0.25) is 9.36 Å². The standard InChI is InChI=1S/C22H15ClF3N3O/c1-13-17(23)7-4-8-19(13)29-12-27-18-10-9-14(11-20(18)29)28-21(30)15-5-2-3-6-16(15)22(24,25)26/h2-12H,1H3,(H,28,30). The maximum atomic E-state index is 13.2. The molecular weight excluding hydrogens is 415 g/mol. The highest BCUT2D eigenvalue weighted by atomic mass is 35.5. The molecular formula is C22H15ClF3N3O. The molecule has 0 unspecified atom stereocenters. The molecule has 1 aromatic heterocycles. The van der Waals surface area contributed by atoms with E-state index >= 15 is 0 Å². The Labute approximate surface area is 174 Å². The van der Waals surface area contributed by atoms with Gasteiger partial charge in [-0.15, -0.1) is 0 Å². The second-order valence-corrected chi connectivity index (χ2v) is 7.11.